The molecular weight excluding hydrogens is 625 g/mol. The number of carbonyl (C=O) groups is 1. The SMILES string of the molecule is O=C(O)[C@](S)(CC(c1ccccc1)(c1ccccc1)c1ccccc1)NS(=O)(=O)c1ccc(N2CCC(c3ccccc3)CC2)cc1. The molecule has 240 valence electrons. The van der Waals surface area contributed by atoms with Crippen LogP contribution in [0.5, 0.6) is 0 Å². The van der Waals surface area contributed by atoms with E-state index in [9.17, 15) is 18.3 Å². The van der Waals surface area contributed by atoms with Gasteiger partial charge in [-0.25, -0.2) is 13.2 Å². The first-order valence-corrected chi connectivity index (χ1v) is 17.7. The van der Waals surface area contributed by atoms with Crippen molar-refractivity contribution < 1.29 is 18.3 Å². The number of benzene rings is 5. The fourth-order valence-corrected chi connectivity index (χ4v) is 8.64. The van der Waals surface area contributed by atoms with Crippen LogP contribution < -0.4 is 9.62 Å². The predicted octanol–water partition coefficient (Wildman–Crippen LogP) is 7.48. The Morgan fingerprint density at radius 2 is 1.13 bits per heavy atom. The minimum absolute atomic E-state index is 0.0233. The number of hydrogen-bond donors (Lipinski definition) is 3. The Labute approximate surface area is 282 Å². The minimum Gasteiger partial charge on any atom is -0.479 e. The number of anilines is 1. The lowest BCUT2D eigenvalue weighted by Gasteiger charge is -2.41. The Morgan fingerprint density at radius 3 is 1.55 bits per heavy atom. The molecule has 1 saturated heterocycles. The standard InChI is InChI=1S/C39H38N2O4S2/c42-37(43)39(46,29-38(32-15-7-2-8-16-32,33-17-9-3-10-18-33)34-19-11-4-12-20-34)40-47(44,45)36-23-21-35(22-24-36)41-27-25-31(26-28-41)30-13-5-1-6-14-30/h1-24,31,40,46H,25-29H2,(H,42,43)/t39-/m1/s1. The second-order valence-electron chi connectivity index (χ2n) is 12.1. The van der Waals surface area contributed by atoms with Crippen molar-refractivity contribution in [1.29, 1.82) is 0 Å². The number of piperidine rings is 1. The molecule has 6 nitrogen and oxygen atoms in total. The fourth-order valence-electron chi connectivity index (χ4n) is 6.83. The van der Waals surface area contributed by atoms with Crippen molar-refractivity contribution >= 4 is 34.3 Å². The molecule has 0 bridgehead atoms. The number of hydrogen-bond acceptors (Lipinski definition) is 5. The van der Waals surface area contributed by atoms with Gasteiger partial charge in [-0.1, -0.05) is 121 Å². The summed E-state index contributed by atoms with van der Waals surface area (Å²) in [6.07, 6.45) is 1.82. The molecule has 1 heterocycles. The molecule has 1 atom stereocenters. The maximum atomic E-state index is 13.9. The molecule has 0 radical (unpaired) electrons. The number of aliphatic carboxylic acids is 1. The molecule has 6 rings (SSSR count). The number of nitrogens with one attached hydrogen (secondary N) is 1. The summed E-state index contributed by atoms with van der Waals surface area (Å²) in [7, 11) is -4.30. The number of carboxylic acid groups (broad SMARTS) is 1. The summed E-state index contributed by atoms with van der Waals surface area (Å²) in [6, 6.07) is 45.9. The third kappa shape index (κ3) is 6.86. The normalized spacial score (nSPS) is 15.6. The molecule has 0 aliphatic carbocycles. The van der Waals surface area contributed by atoms with Gasteiger partial charge in [0.25, 0.3) is 0 Å². The molecule has 8 heteroatoms. The average molecular weight is 663 g/mol. The number of thiol groups is 1. The summed E-state index contributed by atoms with van der Waals surface area (Å²) in [6.45, 7) is 1.73. The van der Waals surface area contributed by atoms with Crippen LogP contribution in [0.1, 0.15) is 47.4 Å². The average Bonchev–Trinajstić information content (AvgIpc) is 3.12. The first-order valence-electron chi connectivity index (χ1n) is 15.8. The van der Waals surface area contributed by atoms with Crippen LogP contribution in [0.15, 0.2) is 150 Å². The van der Waals surface area contributed by atoms with Gasteiger partial charge in [0, 0.05) is 30.6 Å². The van der Waals surface area contributed by atoms with E-state index in [1.807, 2.05) is 97.1 Å². The Kier molecular flexibility index (Phi) is 9.55. The molecule has 1 aliphatic heterocycles. The van der Waals surface area contributed by atoms with Crippen molar-refractivity contribution in [3.8, 4) is 0 Å². The van der Waals surface area contributed by atoms with Gasteiger partial charge in [0.05, 0.1) is 4.90 Å². The van der Waals surface area contributed by atoms with Gasteiger partial charge in [-0.3, -0.25) is 0 Å². The van der Waals surface area contributed by atoms with E-state index in [0.29, 0.717) is 5.92 Å². The second kappa shape index (κ2) is 13.8. The van der Waals surface area contributed by atoms with Gasteiger partial charge in [0.2, 0.25) is 10.0 Å². The fraction of sp³-hybridized carbons (Fsp3) is 0.205. The molecule has 0 spiro atoms. The Morgan fingerprint density at radius 1 is 0.702 bits per heavy atom. The summed E-state index contributed by atoms with van der Waals surface area (Å²) in [5.74, 6) is -0.889. The van der Waals surface area contributed by atoms with Gasteiger partial charge in [0.1, 0.15) is 0 Å². The van der Waals surface area contributed by atoms with Gasteiger partial charge < -0.3 is 10.0 Å². The lowest BCUT2D eigenvalue weighted by atomic mass is 9.66. The van der Waals surface area contributed by atoms with Gasteiger partial charge in [-0.05, 0) is 65.3 Å². The molecule has 1 aliphatic rings. The number of carboxylic acids is 1. The zero-order valence-corrected chi connectivity index (χ0v) is 27.7. The lowest BCUT2D eigenvalue weighted by molar-refractivity contribution is -0.140. The van der Waals surface area contributed by atoms with Crippen LogP contribution in [0.25, 0.3) is 0 Å². The Balaban J connectivity index is 1.29. The van der Waals surface area contributed by atoms with E-state index in [0.717, 1.165) is 48.3 Å². The van der Waals surface area contributed by atoms with Crippen molar-refractivity contribution in [3.05, 3.63) is 168 Å². The van der Waals surface area contributed by atoms with Crippen molar-refractivity contribution in [3.63, 3.8) is 0 Å². The van der Waals surface area contributed by atoms with E-state index in [-0.39, 0.29) is 11.3 Å². The highest BCUT2D eigenvalue weighted by Gasteiger charge is 2.49. The van der Waals surface area contributed by atoms with Crippen LogP contribution in [0.2, 0.25) is 0 Å². The Bertz CT molecular complexity index is 1780. The van der Waals surface area contributed by atoms with Crippen molar-refractivity contribution in [2.24, 2.45) is 0 Å². The van der Waals surface area contributed by atoms with Gasteiger partial charge in [-0.2, -0.15) is 4.72 Å². The molecule has 2 N–H and O–H groups in total. The molecule has 0 saturated carbocycles. The topological polar surface area (TPSA) is 86.7 Å². The van der Waals surface area contributed by atoms with Crippen LogP contribution in [-0.2, 0) is 20.2 Å². The summed E-state index contributed by atoms with van der Waals surface area (Å²) < 4.78 is 30.3. The quantitative estimate of drug-likeness (QED) is 0.0776. The van der Waals surface area contributed by atoms with E-state index in [2.05, 4.69) is 46.5 Å². The maximum Gasteiger partial charge on any atom is 0.335 e. The van der Waals surface area contributed by atoms with Crippen molar-refractivity contribution in [1.82, 2.24) is 4.72 Å². The van der Waals surface area contributed by atoms with E-state index in [1.165, 1.54) is 17.7 Å². The van der Waals surface area contributed by atoms with Crippen LogP contribution in [0, 0.1) is 0 Å². The molecule has 1 fully saturated rings. The molecule has 5 aromatic rings. The lowest BCUT2D eigenvalue weighted by Crippen LogP contribution is -2.54. The second-order valence-corrected chi connectivity index (χ2v) is 14.6. The summed E-state index contributed by atoms with van der Waals surface area (Å²) in [4.78, 5) is 13.1. The molecule has 5 aromatic carbocycles. The van der Waals surface area contributed by atoms with E-state index in [1.54, 1.807) is 12.1 Å². The molecule has 47 heavy (non-hydrogen) atoms. The summed E-state index contributed by atoms with van der Waals surface area (Å²) in [5, 5.41) is 10.7. The van der Waals surface area contributed by atoms with Gasteiger partial charge >= 0.3 is 5.97 Å². The van der Waals surface area contributed by atoms with Crippen molar-refractivity contribution in [2.45, 2.75) is 40.4 Å². The molecule has 0 unspecified atom stereocenters. The summed E-state index contributed by atoms with van der Waals surface area (Å²) >= 11 is 4.65. The predicted molar refractivity (Wildman–Crippen MR) is 191 cm³/mol. The summed E-state index contributed by atoms with van der Waals surface area (Å²) in [5.41, 5.74) is 3.68. The third-order valence-corrected chi connectivity index (χ3v) is 11.4. The molecule has 0 aromatic heterocycles. The van der Waals surface area contributed by atoms with E-state index < -0.39 is 26.3 Å². The first kappa shape index (κ1) is 32.6. The number of rotatable bonds is 11. The number of nitrogens with zero attached hydrogens (tertiary/aromatic N) is 1. The maximum absolute atomic E-state index is 13.9. The minimum atomic E-state index is -4.30. The smallest absolute Gasteiger partial charge is 0.335 e. The highest BCUT2D eigenvalue weighted by molar-refractivity contribution is 7.91. The monoisotopic (exact) mass is 662 g/mol. The highest BCUT2D eigenvalue weighted by Crippen LogP contribution is 2.46. The number of sulfonamides is 1. The van der Waals surface area contributed by atoms with Crippen LogP contribution in [0.3, 0.4) is 0 Å². The van der Waals surface area contributed by atoms with E-state index in [4.69, 9.17) is 0 Å². The van der Waals surface area contributed by atoms with Gasteiger partial charge in [-0.15, -0.1) is 12.6 Å². The van der Waals surface area contributed by atoms with Crippen LogP contribution >= 0.6 is 12.6 Å². The Hall–Kier alpha value is -4.37. The van der Waals surface area contributed by atoms with Crippen molar-refractivity contribution in [2.75, 3.05) is 18.0 Å². The van der Waals surface area contributed by atoms with E-state index >= 15 is 0 Å². The van der Waals surface area contributed by atoms with Gasteiger partial charge in [0.15, 0.2) is 4.87 Å². The molecular formula is C39H38N2O4S2. The third-order valence-electron chi connectivity index (χ3n) is 9.26. The zero-order valence-electron chi connectivity index (χ0n) is 25.9. The van der Waals surface area contributed by atoms with Crippen LogP contribution in [0.4, 0.5) is 5.69 Å². The first-order chi connectivity index (χ1) is 22.7. The zero-order chi connectivity index (χ0) is 32.9. The highest BCUT2D eigenvalue weighted by atomic mass is 32.2. The van der Waals surface area contributed by atoms with Crippen LogP contribution in [-0.4, -0.2) is 37.5 Å². The largest absolute Gasteiger partial charge is 0.479 e. The molecule has 0 amide bonds.